The van der Waals surface area contributed by atoms with E-state index in [4.69, 9.17) is 0 Å². The number of nitrogens with one attached hydrogen (secondary N) is 2. The van der Waals surface area contributed by atoms with Crippen LogP contribution in [0.4, 0.5) is 17.3 Å². The summed E-state index contributed by atoms with van der Waals surface area (Å²) < 4.78 is 10.9. The number of anilines is 2. The Bertz CT molecular complexity index is 467. The van der Waals surface area contributed by atoms with Crippen molar-refractivity contribution in [2.75, 3.05) is 35.7 Å². The van der Waals surface area contributed by atoms with Crippen LogP contribution < -0.4 is 10.6 Å². The summed E-state index contributed by atoms with van der Waals surface area (Å²) in [7, 11) is -0.824. The Morgan fingerprint density at radius 1 is 1.37 bits per heavy atom. The van der Waals surface area contributed by atoms with Crippen LogP contribution in [0.5, 0.6) is 0 Å². The van der Waals surface area contributed by atoms with Crippen molar-refractivity contribution in [3.05, 3.63) is 22.2 Å². The highest BCUT2D eigenvalue weighted by atomic mass is 32.2. The molecule has 0 saturated heterocycles. The average Bonchev–Trinajstić information content (AvgIpc) is 2.34. The molecule has 1 aromatic rings. The minimum atomic E-state index is -0.824. The van der Waals surface area contributed by atoms with E-state index in [0.717, 1.165) is 6.42 Å². The van der Waals surface area contributed by atoms with E-state index in [0.29, 0.717) is 30.5 Å². The summed E-state index contributed by atoms with van der Waals surface area (Å²) in [6.07, 6.45) is 2.37. The van der Waals surface area contributed by atoms with E-state index in [-0.39, 0.29) is 5.69 Å². The lowest BCUT2D eigenvalue weighted by atomic mass is 10.3. The van der Waals surface area contributed by atoms with E-state index in [2.05, 4.69) is 15.6 Å². The zero-order valence-electron chi connectivity index (χ0n) is 11.0. The number of hydrogen-bond acceptors (Lipinski definition) is 6. The van der Waals surface area contributed by atoms with Crippen molar-refractivity contribution in [3.8, 4) is 0 Å². The number of hydrogen-bond donors (Lipinski definition) is 2. The summed E-state index contributed by atoms with van der Waals surface area (Å²) in [6, 6.07) is 2.79. The van der Waals surface area contributed by atoms with E-state index >= 15 is 0 Å². The Morgan fingerprint density at radius 2 is 2.00 bits per heavy atom. The van der Waals surface area contributed by atoms with Crippen LogP contribution in [-0.2, 0) is 10.8 Å². The molecule has 0 bridgehead atoms. The van der Waals surface area contributed by atoms with Gasteiger partial charge in [-0.2, -0.15) is 0 Å². The molecule has 0 radical (unpaired) electrons. The first kappa shape index (κ1) is 15.4. The van der Waals surface area contributed by atoms with Gasteiger partial charge in [-0.05, 0) is 13.3 Å². The van der Waals surface area contributed by atoms with E-state index in [9.17, 15) is 14.3 Å². The SMILES string of the molecule is CCNc1cc([N+](=O)[O-])cc(NCCCS(C)=O)n1. The second-order valence-electron chi connectivity index (χ2n) is 3.94. The van der Waals surface area contributed by atoms with Crippen molar-refractivity contribution >= 4 is 28.1 Å². The van der Waals surface area contributed by atoms with E-state index in [1.807, 2.05) is 6.92 Å². The van der Waals surface area contributed by atoms with Gasteiger partial charge >= 0.3 is 0 Å². The van der Waals surface area contributed by atoms with Crippen LogP contribution in [0.1, 0.15) is 13.3 Å². The Morgan fingerprint density at radius 3 is 2.53 bits per heavy atom. The van der Waals surface area contributed by atoms with Crippen molar-refractivity contribution in [2.24, 2.45) is 0 Å². The Kier molecular flexibility index (Phi) is 6.20. The highest BCUT2D eigenvalue weighted by Crippen LogP contribution is 2.20. The molecule has 1 heterocycles. The molecule has 0 fully saturated rings. The molecule has 7 nitrogen and oxygen atoms in total. The summed E-state index contributed by atoms with van der Waals surface area (Å²) in [5.74, 6) is 1.52. The summed E-state index contributed by atoms with van der Waals surface area (Å²) >= 11 is 0. The second kappa shape index (κ2) is 7.67. The molecule has 0 aliphatic heterocycles. The monoisotopic (exact) mass is 286 g/mol. The molecule has 1 rings (SSSR count). The maximum absolute atomic E-state index is 10.9. The molecule has 0 aromatic carbocycles. The molecule has 1 atom stereocenters. The fourth-order valence-corrected chi connectivity index (χ4v) is 2.03. The molecule has 19 heavy (non-hydrogen) atoms. The van der Waals surface area contributed by atoms with Crippen LogP contribution in [0.3, 0.4) is 0 Å². The van der Waals surface area contributed by atoms with Gasteiger partial charge in [-0.3, -0.25) is 14.3 Å². The zero-order valence-corrected chi connectivity index (χ0v) is 11.8. The van der Waals surface area contributed by atoms with Gasteiger partial charge in [0.05, 0.1) is 17.1 Å². The molecule has 1 unspecified atom stereocenters. The lowest BCUT2D eigenvalue weighted by Crippen LogP contribution is -2.09. The van der Waals surface area contributed by atoms with Gasteiger partial charge in [0, 0.05) is 35.9 Å². The van der Waals surface area contributed by atoms with Crippen LogP contribution in [0.2, 0.25) is 0 Å². The molecular weight excluding hydrogens is 268 g/mol. The molecule has 1 aromatic heterocycles. The van der Waals surface area contributed by atoms with Crippen LogP contribution in [0, 0.1) is 10.1 Å². The van der Waals surface area contributed by atoms with E-state index in [1.165, 1.54) is 12.1 Å². The van der Waals surface area contributed by atoms with Crippen molar-refractivity contribution in [1.82, 2.24) is 4.98 Å². The molecule has 0 aliphatic carbocycles. The van der Waals surface area contributed by atoms with Crippen LogP contribution in [0.25, 0.3) is 0 Å². The van der Waals surface area contributed by atoms with Gasteiger partial charge in [0.25, 0.3) is 5.69 Å². The zero-order chi connectivity index (χ0) is 14.3. The van der Waals surface area contributed by atoms with E-state index < -0.39 is 15.7 Å². The van der Waals surface area contributed by atoms with Crippen LogP contribution >= 0.6 is 0 Å². The maximum Gasteiger partial charge on any atom is 0.276 e. The maximum atomic E-state index is 10.9. The molecule has 0 amide bonds. The first-order chi connectivity index (χ1) is 9.02. The molecule has 2 N–H and O–H groups in total. The Labute approximate surface area is 114 Å². The number of nitro groups is 1. The van der Waals surface area contributed by atoms with Crippen molar-refractivity contribution < 1.29 is 9.13 Å². The highest BCUT2D eigenvalue weighted by molar-refractivity contribution is 7.84. The van der Waals surface area contributed by atoms with Gasteiger partial charge in [0.15, 0.2) is 0 Å². The molecule has 106 valence electrons. The summed E-state index contributed by atoms with van der Waals surface area (Å²) in [5.41, 5.74) is -0.00693. The third kappa shape index (κ3) is 5.64. The lowest BCUT2D eigenvalue weighted by molar-refractivity contribution is -0.384. The smallest absolute Gasteiger partial charge is 0.276 e. The van der Waals surface area contributed by atoms with Crippen molar-refractivity contribution in [3.63, 3.8) is 0 Å². The normalized spacial score (nSPS) is 11.9. The third-order valence-corrected chi connectivity index (χ3v) is 3.16. The first-order valence-electron chi connectivity index (χ1n) is 5.97. The number of rotatable bonds is 8. The quantitative estimate of drug-likeness (QED) is 0.428. The van der Waals surface area contributed by atoms with Gasteiger partial charge in [0.1, 0.15) is 11.6 Å². The number of pyridine rings is 1. The average molecular weight is 286 g/mol. The van der Waals surface area contributed by atoms with Crippen LogP contribution in [0.15, 0.2) is 12.1 Å². The minimum absolute atomic E-state index is 0.00693. The largest absolute Gasteiger partial charge is 0.370 e. The van der Waals surface area contributed by atoms with Crippen molar-refractivity contribution in [1.29, 1.82) is 0 Å². The first-order valence-corrected chi connectivity index (χ1v) is 7.70. The van der Waals surface area contributed by atoms with Gasteiger partial charge in [0.2, 0.25) is 0 Å². The number of nitrogens with zero attached hydrogens (tertiary/aromatic N) is 2. The summed E-state index contributed by atoms with van der Waals surface area (Å²) in [6.45, 7) is 3.12. The molecule has 8 heteroatoms. The third-order valence-electron chi connectivity index (χ3n) is 2.29. The number of aromatic nitrogens is 1. The van der Waals surface area contributed by atoms with Gasteiger partial charge in [-0.1, -0.05) is 0 Å². The summed E-state index contributed by atoms with van der Waals surface area (Å²) in [5, 5.41) is 16.8. The predicted molar refractivity (Wildman–Crippen MR) is 77.1 cm³/mol. The Hall–Kier alpha value is -1.70. The summed E-state index contributed by atoms with van der Waals surface area (Å²) in [4.78, 5) is 14.6. The fraction of sp³-hybridized carbons (Fsp3) is 0.545. The van der Waals surface area contributed by atoms with Gasteiger partial charge < -0.3 is 10.6 Å². The molecule has 0 saturated carbocycles. The Balaban J connectivity index is 2.70. The standard InChI is InChI=1S/C11H18N4O3S/c1-3-12-10-7-9(15(16)17)8-11(14-10)13-5-4-6-19(2)18/h7-8H,3-6H2,1-2H3,(H2,12,13,14). The lowest BCUT2D eigenvalue weighted by Gasteiger charge is -2.08. The van der Waals surface area contributed by atoms with Gasteiger partial charge in [-0.25, -0.2) is 4.98 Å². The minimum Gasteiger partial charge on any atom is -0.370 e. The van der Waals surface area contributed by atoms with Gasteiger partial charge in [-0.15, -0.1) is 0 Å². The van der Waals surface area contributed by atoms with E-state index in [1.54, 1.807) is 6.26 Å². The predicted octanol–water partition coefficient (Wildman–Crippen LogP) is 1.60. The van der Waals surface area contributed by atoms with Crippen LogP contribution in [-0.4, -0.2) is 39.2 Å². The fourth-order valence-electron chi connectivity index (χ4n) is 1.48. The second-order valence-corrected chi connectivity index (χ2v) is 5.50. The molecular formula is C11H18N4O3S. The van der Waals surface area contributed by atoms with Crippen molar-refractivity contribution in [2.45, 2.75) is 13.3 Å². The topological polar surface area (TPSA) is 97.2 Å². The molecule has 0 aliphatic rings. The highest BCUT2D eigenvalue weighted by Gasteiger charge is 2.10. The molecule has 0 spiro atoms.